The summed E-state index contributed by atoms with van der Waals surface area (Å²) in [5, 5.41) is 1.21. The van der Waals surface area contributed by atoms with Crippen molar-refractivity contribution in [2.45, 2.75) is 31.8 Å². The van der Waals surface area contributed by atoms with E-state index in [-0.39, 0.29) is 24.5 Å². The third-order valence-electron chi connectivity index (χ3n) is 3.14. The molecule has 2 heterocycles. The van der Waals surface area contributed by atoms with Crippen LogP contribution in [0.4, 0.5) is 4.79 Å². The van der Waals surface area contributed by atoms with Gasteiger partial charge < -0.3 is 4.90 Å². The van der Waals surface area contributed by atoms with E-state index in [2.05, 4.69) is 6.58 Å². The number of nitrogens with zero attached hydrogens (tertiary/aromatic N) is 2. The van der Waals surface area contributed by atoms with Crippen LogP contribution in [-0.4, -0.2) is 47.0 Å². The first kappa shape index (κ1) is 11.1. The zero-order valence-electron chi connectivity index (χ0n) is 9.39. The molecule has 0 N–H and O–H groups in total. The van der Waals surface area contributed by atoms with Crippen molar-refractivity contribution in [1.29, 1.82) is 0 Å². The van der Waals surface area contributed by atoms with Crippen LogP contribution in [0.1, 0.15) is 19.8 Å². The standard InChI is InChI=1S/C11H16N2O3/c1-3-5-16-13-9-7-12(11(13)15)8(4-2)6-10(9)14/h3,8-9H,1,4-7H2,2H3/t8-,9+/m1/s1. The fourth-order valence-electron chi connectivity index (χ4n) is 2.26. The molecule has 2 bridgehead atoms. The quantitative estimate of drug-likeness (QED) is 0.668. The fraction of sp³-hybridized carbons (Fsp3) is 0.636. The number of urea groups is 1. The van der Waals surface area contributed by atoms with Crippen molar-refractivity contribution in [2.75, 3.05) is 13.2 Å². The predicted octanol–water partition coefficient (Wildman–Crippen LogP) is 0.962. The number of hydrogen-bond acceptors (Lipinski definition) is 3. The highest BCUT2D eigenvalue weighted by Gasteiger charge is 2.49. The summed E-state index contributed by atoms with van der Waals surface area (Å²) >= 11 is 0. The Hall–Kier alpha value is -1.36. The largest absolute Gasteiger partial charge is 0.345 e. The van der Waals surface area contributed by atoms with Crippen molar-refractivity contribution in [3.63, 3.8) is 0 Å². The molecule has 2 atom stereocenters. The van der Waals surface area contributed by atoms with Crippen LogP contribution in [0, 0.1) is 0 Å². The first-order valence-electron chi connectivity index (χ1n) is 5.55. The third-order valence-corrected chi connectivity index (χ3v) is 3.14. The summed E-state index contributed by atoms with van der Waals surface area (Å²) in [6.07, 6.45) is 2.81. The fourth-order valence-corrected chi connectivity index (χ4v) is 2.26. The van der Waals surface area contributed by atoms with Gasteiger partial charge in [-0.1, -0.05) is 13.0 Å². The van der Waals surface area contributed by atoms with E-state index in [0.717, 1.165) is 6.42 Å². The lowest BCUT2D eigenvalue weighted by Crippen LogP contribution is -2.44. The molecule has 2 saturated heterocycles. The molecule has 2 aliphatic heterocycles. The highest BCUT2D eigenvalue weighted by Crippen LogP contribution is 2.29. The van der Waals surface area contributed by atoms with Gasteiger partial charge in [0.15, 0.2) is 5.78 Å². The number of rotatable bonds is 4. The van der Waals surface area contributed by atoms with Crippen LogP contribution in [0.3, 0.4) is 0 Å². The van der Waals surface area contributed by atoms with Gasteiger partial charge in [-0.05, 0) is 6.42 Å². The average molecular weight is 224 g/mol. The summed E-state index contributed by atoms with van der Waals surface area (Å²) in [5.41, 5.74) is 0. The van der Waals surface area contributed by atoms with E-state index in [1.807, 2.05) is 6.92 Å². The summed E-state index contributed by atoms with van der Waals surface area (Å²) < 4.78 is 0. The smallest absolute Gasteiger partial charge is 0.317 e. The molecule has 0 spiro atoms. The number of fused-ring (bicyclic) bond motifs is 2. The first-order valence-corrected chi connectivity index (χ1v) is 5.55. The van der Waals surface area contributed by atoms with Gasteiger partial charge in [0.1, 0.15) is 6.04 Å². The van der Waals surface area contributed by atoms with Gasteiger partial charge in [-0.25, -0.2) is 4.79 Å². The Bertz CT molecular complexity index is 329. The van der Waals surface area contributed by atoms with E-state index < -0.39 is 6.04 Å². The molecular weight excluding hydrogens is 208 g/mol. The average Bonchev–Trinajstić information content (AvgIpc) is 2.57. The lowest BCUT2D eigenvalue weighted by molar-refractivity contribution is -0.146. The third kappa shape index (κ3) is 1.61. The van der Waals surface area contributed by atoms with Gasteiger partial charge in [0, 0.05) is 12.5 Å². The number of Topliss-reactive ketones (excluding diaryl/α,β-unsaturated/α-hetero) is 1. The molecule has 2 aliphatic rings. The van der Waals surface area contributed by atoms with Crippen molar-refractivity contribution in [2.24, 2.45) is 0 Å². The Morgan fingerprint density at radius 1 is 1.56 bits per heavy atom. The maximum absolute atomic E-state index is 11.9. The minimum absolute atomic E-state index is 0.0357. The molecule has 0 radical (unpaired) electrons. The first-order chi connectivity index (χ1) is 7.69. The van der Waals surface area contributed by atoms with Crippen LogP contribution in [-0.2, 0) is 9.63 Å². The number of hydrogen-bond donors (Lipinski definition) is 0. The van der Waals surface area contributed by atoms with E-state index in [0.29, 0.717) is 13.0 Å². The van der Waals surface area contributed by atoms with Gasteiger partial charge in [-0.2, -0.15) is 5.06 Å². The molecule has 2 rings (SSSR count). The number of ketones is 1. The lowest BCUT2D eigenvalue weighted by atomic mass is 9.98. The maximum atomic E-state index is 11.9. The minimum atomic E-state index is -0.421. The summed E-state index contributed by atoms with van der Waals surface area (Å²) in [7, 11) is 0. The molecule has 5 heteroatoms. The molecule has 0 aromatic rings. The number of carbonyl (C=O) groups is 2. The van der Waals surface area contributed by atoms with E-state index in [4.69, 9.17) is 4.84 Å². The molecule has 0 aliphatic carbocycles. The Morgan fingerprint density at radius 3 is 2.94 bits per heavy atom. The number of piperidine rings is 1. The van der Waals surface area contributed by atoms with Crippen LogP contribution in [0.25, 0.3) is 0 Å². The van der Waals surface area contributed by atoms with Gasteiger partial charge in [-0.3, -0.25) is 9.63 Å². The monoisotopic (exact) mass is 224 g/mol. The van der Waals surface area contributed by atoms with Crippen molar-refractivity contribution < 1.29 is 14.4 Å². The van der Waals surface area contributed by atoms with Gasteiger partial charge in [0.05, 0.1) is 13.2 Å². The molecule has 2 fully saturated rings. The van der Waals surface area contributed by atoms with E-state index in [9.17, 15) is 9.59 Å². The Morgan fingerprint density at radius 2 is 2.31 bits per heavy atom. The summed E-state index contributed by atoms with van der Waals surface area (Å²) in [5.74, 6) is 0.0954. The molecular formula is C11H16N2O3. The van der Waals surface area contributed by atoms with Crippen LogP contribution >= 0.6 is 0 Å². The van der Waals surface area contributed by atoms with Crippen molar-refractivity contribution >= 4 is 11.8 Å². The second-order valence-corrected chi connectivity index (χ2v) is 4.09. The molecule has 5 nitrogen and oxygen atoms in total. The number of hydroxylamine groups is 2. The van der Waals surface area contributed by atoms with Crippen LogP contribution < -0.4 is 0 Å². The second kappa shape index (κ2) is 4.25. The molecule has 0 unspecified atom stereocenters. The lowest BCUT2D eigenvalue weighted by Gasteiger charge is -2.28. The molecule has 2 amide bonds. The van der Waals surface area contributed by atoms with Crippen LogP contribution in [0.2, 0.25) is 0 Å². The van der Waals surface area contributed by atoms with Crippen molar-refractivity contribution in [3.05, 3.63) is 12.7 Å². The molecule has 0 saturated carbocycles. The van der Waals surface area contributed by atoms with Crippen molar-refractivity contribution in [1.82, 2.24) is 9.96 Å². The predicted molar refractivity (Wildman–Crippen MR) is 57.6 cm³/mol. The Balaban J connectivity index is 2.15. The highest BCUT2D eigenvalue weighted by molar-refractivity contribution is 5.94. The second-order valence-electron chi connectivity index (χ2n) is 4.09. The number of carbonyl (C=O) groups excluding carboxylic acids is 2. The van der Waals surface area contributed by atoms with Gasteiger partial charge in [-0.15, -0.1) is 6.58 Å². The Kier molecular flexibility index (Phi) is 2.96. The molecule has 88 valence electrons. The van der Waals surface area contributed by atoms with Gasteiger partial charge >= 0.3 is 6.03 Å². The molecule has 0 aromatic carbocycles. The zero-order valence-corrected chi connectivity index (χ0v) is 9.39. The summed E-state index contributed by atoms with van der Waals surface area (Å²) in [6.45, 7) is 6.22. The van der Waals surface area contributed by atoms with Crippen molar-refractivity contribution in [3.8, 4) is 0 Å². The zero-order chi connectivity index (χ0) is 11.7. The van der Waals surface area contributed by atoms with Crippen LogP contribution in [0.15, 0.2) is 12.7 Å². The maximum Gasteiger partial charge on any atom is 0.345 e. The summed E-state index contributed by atoms with van der Waals surface area (Å²) in [6, 6.07) is -0.576. The molecule has 16 heavy (non-hydrogen) atoms. The molecule has 0 aromatic heterocycles. The highest BCUT2D eigenvalue weighted by atomic mass is 16.7. The van der Waals surface area contributed by atoms with Crippen LogP contribution in [0.5, 0.6) is 0 Å². The normalized spacial score (nSPS) is 28.8. The van der Waals surface area contributed by atoms with Gasteiger partial charge in [0.2, 0.25) is 0 Å². The Labute approximate surface area is 94.6 Å². The SMILES string of the molecule is C=CCON1C(=O)N2C[C@H]1C(=O)C[C@H]2CC. The van der Waals surface area contributed by atoms with Gasteiger partial charge in [0.25, 0.3) is 0 Å². The summed E-state index contributed by atoms with van der Waals surface area (Å²) in [4.78, 5) is 30.7. The minimum Gasteiger partial charge on any atom is -0.317 e. The van der Waals surface area contributed by atoms with E-state index in [1.54, 1.807) is 11.0 Å². The van der Waals surface area contributed by atoms with E-state index >= 15 is 0 Å². The number of amides is 2. The van der Waals surface area contributed by atoms with E-state index in [1.165, 1.54) is 5.06 Å². The topological polar surface area (TPSA) is 49.9 Å².